The molecule has 3 saturated heterocycles. The minimum atomic E-state index is -4.56. The maximum absolute atomic E-state index is 14.0. The number of amides is 3. The molecule has 41 heteroatoms. The molecule has 4 heterocycles. The summed E-state index contributed by atoms with van der Waals surface area (Å²) in [4.78, 5) is 42.8. The van der Waals surface area contributed by atoms with Crippen LogP contribution in [0.25, 0.3) is 11.0 Å². The second-order valence-corrected chi connectivity index (χ2v) is 28.1. The van der Waals surface area contributed by atoms with Gasteiger partial charge in [-0.05, 0) is 110 Å². The summed E-state index contributed by atoms with van der Waals surface area (Å²) in [7, 11) is -11.6. The highest BCUT2D eigenvalue weighted by atomic mass is 35.5. The quantitative estimate of drug-likeness (QED) is 0.0442. The van der Waals surface area contributed by atoms with Crippen LogP contribution in [0.4, 0.5) is 79.3 Å². The van der Waals surface area contributed by atoms with Crippen molar-refractivity contribution in [3.05, 3.63) is 147 Å². The molecule has 6 aromatic carbocycles. The Balaban J connectivity index is 0.000000226. The number of nitrogens with one attached hydrogen (secondary N) is 4. The molecule has 3 fully saturated rings. The molecule has 3 aliphatic heterocycles. The van der Waals surface area contributed by atoms with Crippen LogP contribution in [0.15, 0.2) is 112 Å². The molecule has 17 N–H and O–H groups in total. The van der Waals surface area contributed by atoms with Crippen molar-refractivity contribution in [2.24, 2.45) is 0 Å². The number of halogens is 12. The van der Waals surface area contributed by atoms with E-state index < -0.39 is 166 Å². The minimum Gasteiger partial charge on any atom is -0.400 e. The van der Waals surface area contributed by atoms with Gasteiger partial charge in [0.1, 0.15) is 56.0 Å². The molecule has 0 radical (unpaired) electrons. The first-order valence-corrected chi connectivity index (χ1v) is 33.3. The number of hydrogen-bond donors (Lipinski definition) is 13. The van der Waals surface area contributed by atoms with Crippen LogP contribution in [0.1, 0.15) is 50.3 Å². The Bertz CT molecular complexity index is 4320. The maximum Gasteiger partial charge on any atom is 0.286 e. The fourth-order valence-corrected chi connectivity index (χ4v) is 14.9. The van der Waals surface area contributed by atoms with Crippen LogP contribution in [0.5, 0.6) is 0 Å². The van der Waals surface area contributed by atoms with E-state index in [-0.39, 0.29) is 90.9 Å². The molecule has 0 spiro atoms. The summed E-state index contributed by atoms with van der Waals surface area (Å²) in [6.07, 6.45) is -6.08. The van der Waals surface area contributed by atoms with E-state index in [0.29, 0.717) is 12.9 Å². The largest absolute Gasteiger partial charge is 0.400 e. The normalized spacial score (nSPS) is 18.5. The Labute approximate surface area is 567 Å². The van der Waals surface area contributed by atoms with Gasteiger partial charge in [0.2, 0.25) is 30.1 Å². The number of nitrogen functional groups attached to an aromatic ring is 4. The average molecular weight is 1510 g/mol. The molecule has 26 nitrogen and oxygen atoms in total. The molecule has 0 bridgehead atoms. The molecule has 1 aromatic heterocycles. The lowest BCUT2D eigenvalue weighted by Crippen LogP contribution is -2.53. The number of nitrogens with zero attached hydrogens (tertiary/aromatic N) is 4. The van der Waals surface area contributed by atoms with Gasteiger partial charge >= 0.3 is 0 Å². The first-order chi connectivity index (χ1) is 45.6. The molecule has 3 aliphatic rings. The highest BCUT2D eigenvalue weighted by Crippen LogP contribution is 2.39. The van der Waals surface area contributed by atoms with E-state index in [9.17, 15) is 94.5 Å². The van der Waals surface area contributed by atoms with E-state index in [1.165, 1.54) is 36.7 Å². The molecule has 10 rings (SSSR count). The minimum absolute atomic E-state index is 0.0270. The lowest BCUT2D eigenvalue weighted by atomic mass is 10.1. The van der Waals surface area contributed by atoms with Gasteiger partial charge in [-0.1, -0.05) is 34.8 Å². The van der Waals surface area contributed by atoms with Crippen LogP contribution in [0, 0.1) is 17.5 Å². The number of carbonyl (C=O) groups excluding carboxylic acids is 3. The average Bonchev–Trinajstić information content (AvgIpc) is 1.09. The van der Waals surface area contributed by atoms with Gasteiger partial charge in [0.15, 0.2) is 0 Å². The molecular weight excluding hydrogens is 1450 g/mol. The van der Waals surface area contributed by atoms with Crippen molar-refractivity contribution in [1.82, 2.24) is 22.9 Å². The predicted octanol–water partition coefficient (Wildman–Crippen LogP) is 6.79. The summed E-state index contributed by atoms with van der Waals surface area (Å²) in [5, 5.41) is 48.8. The summed E-state index contributed by atoms with van der Waals surface area (Å²) >= 11 is 17.0. The van der Waals surface area contributed by atoms with Gasteiger partial charge in [-0.3, -0.25) is 14.4 Å². The van der Waals surface area contributed by atoms with Crippen LogP contribution < -0.4 is 38.9 Å². The summed E-state index contributed by atoms with van der Waals surface area (Å²) in [6, 6.07) is 16.7. The number of sulfonamides is 3. The zero-order chi connectivity index (χ0) is 73.5. The molecule has 3 atom stereocenters. The topological polar surface area (TPSA) is 433 Å². The van der Waals surface area contributed by atoms with E-state index in [4.69, 9.17) is 68.0 Å². The second-order valence-electron chi connectivity index (χ2n) is 21.2. The Hall–Kier alpha value is -7.83. The van der Waals surface area contributed by atoms with Crippen LogP contribution in [0.3, 0.4) is 0 Å². The third-order valence-corrected chi connectivity index (χ3v) is 21.1. The molecule has 534 valence electrons. The molecule has 3 unspecified atom stereocenters. The highest BCUT2D eigenvalue weighted by molar-refractivity contribution is 7.90. The number of nitrogens with two attached hydrogens (primary N) is 4. The Morgan fingerprint density at radius 1 is 0.490 bits per heavy atom. The highest BCUT2D eigenvalue weighted by Gasteiger charge is 2.50. The van der Waals surface area contributed by atoms with Crippen molar-refractivity contribution in [2.45, 2.75) is 70.0 Å². The van der Waals surface area contributed by atoms with Crippen LogP contribution >= 0.6 is 34.8 Å². The fraction of sp³-hybridized carbons (Fsp3) is 0.298. The smallest absolute Gasteiger partial charge is 0.286 e. The van der Waals surface area contributed by atoms with E-state index >= 15 is 0 Å². The first kappa shape index (κ1) is 79.2. The zero-order valence-corrected chi connectivity index (χ0v) is 55.3. The van der Waals surface area contributed by atoms with Gasteiger partial charge in [0, 0.05) is 67.6 Å². The summed E-state index contributed by atoms with van der Waals surface area (Å²) in [5.41, 5.74) is 21.7. The number of hydrogen-bond acceptors (Lipinski definition) is 19. The van der Waals surface area contributed by atoms with Crippen molar-refractivity contribution >= 4 is 133 Å². The van der Waals surface area contributed by atoms with Crippen LogP contribution in [0.2, 0.25) is 15.1 Å². The van der Waals surface area contributed by atoms with Crippen molar-refractivity contribution in [2.75, 3.05) is 92.4 Å². The summed E-state index contributed by atoms with van der Waals surface area (Å²) < 4.78 is 203. The lowest BCUT2D eigenvalue weighted by molar-refractivity contribution is -0.136. The van der Waals surface area contributed by atoms with Crippen molar-refractivity contribution in [1.29, 1.82) is 0 Å². The number of H-pyrrole nitrogens is 1. The standard InChI is InChI=1S/C19H16ClF3N4O4S.2C18H18ClF3N4O4S.2CH4O/c20-12-7-11(1-2-13(12)21)26-18(29)10-5-14-17(25-9-24-14)15(6-10)32(30,31)27-4-3-16(28)19(22,23)8-27;2*19-11-7-10(1-2-12(11)20)25-17(28)9-5-13(23)16(24)14(6-9)31(29,30)26-4-3-15(27)18(21,22)8-26;2*1-2/h1-2,5-7,9,16,28H,3-4,8H2,(H,24,25)(H,26,29);2*1-2,5-7,15,27H,3-4,8,23-24H2,(H,25,28);2*2H,1H3. The van der Waals surface area contributed by atoms with Crippen LogP contribution in [-0.2, 0) is 30.1 Å². The maximum atomic E-state index is 14.0. The fourth-order valence-electron chi connectivity index (χ4n) is 9.39. The number of piperidine rings is 3. The SMILES string of the molecule is CO.CO.Nc1cc(C(=O)Nc2ccc(F)c(Cl)c2)cc(S(=O)(=O)N2CCC(O)C(F)(F)C2)c1N.Nc1cc(C(=O)Nc2ccc(F)c(Cl)c2)cc(S(=O)(=O)N2CCC(O)C(F)(F)C2)c1N.O=C(Nc1ccc(F)c(Cl)c1)c1cc(S(=O)(=O)N2CCC(O)C(F)(F)C2)c2nc[nH]c2c1. The monoisotopic (exact) mass is 1510 g/mol. The number of aliphatic hydroxyl groups excluding tert-OH is 5. The van der Waals surface area contributed by atoms with Gasteiger partial charge in [-0.25, -0.2) is 69.8 Å². The molecule has 0 aliphatic carbocycles. The molecule has 0 saturated carbocycles. The van der Waals surface area contributed by atoms with Crippen molar-refractivity contribution in [3.63, 3.8) is 0 Å². The van der Waals surface area contributed by atoms with E-state index in [0.717, 1.165) is 74.9 Å². The summed E-state index contributed by atoms with van der Waals surface area (Å²) in [6.45, 7) is -4.77. The van der Waals surface area contributed by atoms with Gasteiger partial charge in [0.25, 0.3) is 35.5 Å². The number of alkyl halides is 6. The van der Waals surface area contributed by atoms with Gasteiger partial charge in [-0.2, -0.15) is 12.9 Å². The Kier molecular flexibility index (Phi) is 25.5. The number of fused-ring (bicyclic) bond motifs is 1. The number of aliphatic hydroxyl groups is 5. The third kappa shape index (κ3) is 18.0. The number of imidazole rings is 1. The number of anilines is 7. The Morgan fingerprint density at radius 2 is 0.776 bits per heavy atom. The molecule has 3 amide bonds. The lowest BCUT2D eigenvalue weighted by Gasteiger charge is -2.35. The van der Waals surface area contributed by atoms with E-state index in [2.05, 4.69) is 25.9 Å². The Morgan fingerprint density at radius 3 is 1.07 bits per heavy atom. The zero-order valence-electron chi connectivity index (χ0n) is 50.6. The van der Waals surface area contributed by atoms with Crippen molar-refractivity contribution in [3.8, 4) is 0 Å². The number of aromatic amines is 1. The first-order valence-electron chi connectivity index (χ1n) is 27.9. The number of rotatable bonds is 12. The number of aromatic nitrogens is 2. The molecule has 98 heavy (non-hydrogen) atoms. The summed E-state index contributed by atoms with van der Waals surface area (Å²) in [5.74, 6) is -15.4. The van der Waals surface area contributed by atoms with Crippen LogP contribution in [-0.4, -0.2) is 181 Å². The second kappa shape index (κ2) is 31.6. The predicted molar refractivity (Wildman–Crippen MR) is 344 cm³/mol. The molecule has 7 aromatic rings. The number of benzene rings is 6. The van der Waals surface area contributed by atoms with Gasteiger partial charge < -0.3 is 69.4 Å². The van der Waals surface area contributed by atoms with Gasteiger partial charge in [-0.15, -0.1) is 0 Å². The third-order valence-electron chi connectivity index (χ3n) is 14.6. The van der Waals surface area contributed by atoms with Gasteiger partial charge in [0.05, 0.1) is 69.3 Å². The van der Waals surface area contributed by atoms with E-state index in [1.54, 1.807) is 0 Å². The number of carbonyl (C=O) groups is 3. The molecular formula is C57H60Cl3F9N12O14S3. The van der Waals surface area contributed by atoms with E-state index in [1.807, 2.05) is 0 Å². The van der Waals surface area contributed by atoms with Crippen molar-refractivity contribution < 1.29 is 105 Å².